The molecular formula is C21H14ClFN2O4. The molecule has 0 bridgehead atoms. The predicted octanol–water partition coefficient (Wildman–Crippen LogP) is 4.55. The lowest BCUT2D eigenvalue weighted by Gasteiger charge is -2.10. The van der Waals surface area contributed by atoms with Crippen molar-refractivity contribution in [2.75, 3.05) is 0 Å². The van der Waals surface area contributed by atoms with Gasteiger partial charge in [0.25, 0.3) is 11.6 Å². The smallest absolute Gasteiger partial charge is 0.288 e. The number of hydrogen-bond acceptors (Lipinski definition) is 4. The lowest BCUT2D eigenvalue weighted by atomic mass is 9.97. The standard InChI is InChI=1S/C21H14ClFN2O4/c22-18-10-7-14(11-19(18)25(28)29)20(26)16-3-1-2-4-17(16)21(27)24-12-13-5-8-15(23)9-6-13/h1-11H,12H2,(H,24,27). The van der Waals surface area contributed by atoms with Gasteiger partial charge in [0.1, 0.15) is 10.8 Å². The van der Waals surface area contributed by atoms with Gasteiger partial charge in [0, 0.05) is 23.7 Å². The number of nitro benzene ring substituents is 1. The molecule has 6 nitrogen and oxygen atoms in total. The number of amides is 1. The lowest BCUT2D eigenvalue weighted by molar-refractivity contribution is -0.384. The van der Waals surface area contributed by atoms with Gasteiger partial charge in [-0.3, -0.25) is 19.7 Å². The predicted molar refractivity (Wildman–Crippen MR) is 106 cm³/mol. The second-order valence-corrected chi connectivity index (χ2v) is 6.51. The van der Waals surface area contributed by atoms with E-state index in [1.807, 2.05) is 0 Å². The summed E-state index contributed by atoms with van der Waals surface area (Å²) in [5.41, 5.74) is 0.561. The number of hydrogen-bond donors (Lipinski definition) is 1. The SMILES string of the molecule is O=C(NCc1ccc(F)cc1)c1ccccc1C(=O)c1ccc(Cl)c([N+](=O)[O-])c1. The van der Waals surface area contributed by atoms with Gasteiger partial charge in [-0.1, -0.05) is 41.9 Å². The van der Waals surface area contributed by atoms with Crippen LogP contribution < -0.4 is 5.32 Å². The van der Waals surface area contributed by atoms with Gasteiger partial charge in [-0.15, -0.1) is 0 Å². The Morgan fingerprint density at radius 2 is 1.66 bits per heavy atom. The quantitative estimate of drug-likeness (QED) is 0.365. The van der Waals surface area contributed by atoms with Crippen molar-refractivity contribution in [2.45, 2.75) is 6.54 Å². The Morgan fingerprint density at radius 3 is 2.31 bits per heavy atom. The first-order valence-corrected chi connectivity index (χ1v) is 8.85. The van der Waals surface area contributed by atoms with E-state index in [2.05, 4.69) is 5.32 Å². The molecule has 0 heterocycles. The van der Waals surface area contributed by atoms with Gasteiger partial charge in [-0.05, 0) is 35.9 Å². The van der Waals surface area contributed by atoms with E-state index in [9.17, 15) is 24.1 Å². The number of nitrogens with zero attached hydrogens (tertiary/aromatic N) is 1. The average molecular weight is 413 g/mol. The zero-order chi connectivity index (χ0) is 21.0. The van der Waals surface area contributed by atoms with Crippen LogP contribution in [0.3, 0.4) is 0 Å². The van der Waals surface area contributed by atoms with Crippen molar-refractivity contribution >= 4 is 29.0 Å². The van der Waals surface area contributed by atoms with Crippen LogP contribution in [0.15, 0.2) is 66.7 Å². The van der Waals surface area contributed by atoms with Crippen LogP contribution in [0.5, 0.6) is 0 Å². The van der Waals surface area contributed by atoms with E-state index >= 15 is 0 Å². The summed E-state index contributed by atoms with van der Waals surface area (Å²) in [4.78, 5) is 35.9. The van der Waals surface area contributed by atoms with Gasteiger partial charge in [0.15, 0.2) is 5.78 Å². The molecule has 29 heavy (non-hydrogen) atoms. The summed E-state index contributed by atoms with van der Waals surface area (Å²) in [5, 5.41) is 13.7. The van der Waals surface area contributed by atoms with Gasteiger partial charge in [-0.25, -0.2) is 4.39 Å². The number of ketones is 1. The molecule has 0 aliphatic rings. The first-order valence-electron chi connectivity index (χ1n) is 8.47. The van der Waals surface area contributed by atoms with Crippen molar-refractivity contribution in [2.24, 2.45) is 0 Å². The van der Waals surface area contributed by atoms with E-state index in [1.54, 1.807) is 24.3 Å². The number of carbonyl (C=O) groups is 2. The zero-order valence-electron chi connectivity index (χ0n) is 14.9. The normalized spacial score (nSPS) is 10.4. The highest BCUT2D eigenvalue weighted by molar-refractivity contribution is 6.33. The Balaban J connectivity index is 1.85. The van der Waals surface area contributed by atoms with Crippen LogP contribution in [-0.4, -0.2) is 16.6 Å². The number of carbonyl (C=O) groups excluding carboxylic acids is 2. The molecule has 0 atom stereocenters. The molecule has 0 aliphatic carbocycles. The minimum absolute atomic E-state index is 0.0416. The van der Waals surface area contributed by atoms with Crippen LogP contribution in [0.4, 0.5) is 10.1 Å². The summed E-state index contributed by atoms with van der Waals surface area (Å²) < 4.78 is 13.0. The third-order valence-electron chi connectivity index (χ3n) is 4.19. The molecule has 0 fully saturated rings. The fourth-order valence-corrected chi connectivity index (χ4v) is 2.89. The molecule has 1 amide bonds. The average Bonchev–Trinajstić information content (AvgIpc) is 2.72. The maximum absolute atomic E-state index is 13.0. The molecule has 8 heteroatoms. The maximum atomic E-state index is 13.0. The van der Waals surface area contributed by atoms with Crippen LogP contribution in [0.1, 0.15) is 31.8 Å². The molecule has 0 unspecified atom stereocenters. The van der Waals surface area contributed by atoms with Crippen molar-refractivity contribution in [1.29, 1.82) is 0 Å². The molecular weight excluding hydrogens is 399 g/mol. The summed E-state index contributed by atoms with van der Waals surface area (Å²) in [6.45, 7) is 0.147. The molecule has 3 aromatic rings. The molecule has 0 radical (unpaired) electrons. The summed E-state index contributed by atoms with van der Waals surface area (Å²) in [7, 11) is 0. The first-order chi connectivity index (χ1) is 13.9. The van der Waals surface area contributed by atoms with Crippen LogP contribution in [-0.2, 0) is 6.54 Å². The summed E-state index contributed by atoms with van der Waals surface area (Å²) >= 11 is 5.79. The summed E-state index contributed by atoms with van der Waals surface area (Å²) in [5.74, 6) is -1.42. The highest BCUT2D eigenvalue weighted by Gasteiger charge is 2.21. The third-order valence-corrected chi connectivity index (χ3v) is 4.51. The van der Waals surface area contributed by atoms with Crippen molar-refractivity contribution in [3.05, 3.63) is 110 Å². The molecule has 0 saturated heterocycles. The number of rotatable bonds is 6. The molecule has 146 valence electrons. The van der Waals surface area contributed by atoms with Crippen molar-refractivity contribution in [3.63, 3.8) is 0 Å². The van der Waals surface area contributed by atoms with Crippen LogP contribution in [0.25, 0.3) is 0 Å². The maximum Gasteiger partial charge on any atom is 0.288 e. The number of nitrogens with one attached hydrogen (secondary N) is 1. The Labute approximate surface area is 170 Å². The molecule has 0 spiro atoms. The molecule has 1 N–H and O–H groups in total. The summed E-state index contributed by atoms with van der Waals surface area (Å²) in [6, 6.07) is 15.5. The molecule has 0 aromatic heterocycles. The van der Waals surface area contributed by atoms with Crippen LogP contribution in [0.2, 0.25) is 5.02 Å². The molecule has 0 aliphatic heterocycles. The van der Waals surface area contributed by atoms with Gasteiger partial charge in [0.2, 0.25) is 0 Å². The largest absolute Gasteiger partial charge is 0.348 e. The van der Waals surface area contributed by atoms with Crippen LogP contribution in [0, 0.1) is 15.9 Å². The Kier molecular flexibility index (Phi) is 5.99. The van der Waals surface area contributed by atoms with E-state index in [0.29, 0.717) is 5.56 Å². The first kappa shape index (κ1) is 20.2. The van der Waals surface area contributed by atoms with E-state index in [1.165, 1.54) is 36.4 Å². The highest BCUT2D eigenvalue weighted by atomic mass is 35.5. The van der Waals surface area contributed by atoms with Crippen LogP contribution >= 0.6 is 11.6 Å². The summed E-state index contributed by atoms with van der Waals surface area (Å²) in [6.07, 6.45) is 0. The van der Waals surface area contributed by atoms with Crippen molar-refractivity contribution < 1.29 is 18.9 Å². The topological polar surface area (TPSA) is 89.3 Å². The van der Waals surface area contributed by atoms with E-state index in [4.69, 9.17) is 11.6 Å². The second-order valence-electron chi connectivity index (χ2n) is 6.11. The number of benzene rings is 3. The monoisotopic (exact) mass is 412 g/mol. The van der Waals surface area contributed by atoms with Gasteiger partial charge >= 0.3 is 0 Å². The van der Waals surface area contributed by atoms with E-state index in [0.717, 1.165) is 6.07 Å². The molecule has 3 aromatic carbocycles. The van der Waals surface area contributed by atoms with Gasteiger partial charge in [0.05, 0.1) is 10.5 Å². The minimum atomic E-state index is -0.680. The number of nitro groups is 1. The lowest BCUT2D eigenvalue weighted by Crippen LogP contribution is -2.25. The van der Waals surface area contributed by atoms with E-state index < -0.39 is 22.3 Å². The Bertz CT molecular complexity index is 1100. The minimum Gasteiger partial charge on any atom is -0.348 e. The fraction of sp³-hybridized carbons (Fsp3) is 0.0476. The van der Waals surface area contributed by atoms with E-state index in [-0.39, 0.29) is 34.1 Å². The Hall–Kier alpha value is -3.58. The zero-order valence-corrected chi connectivity index (χ0v) is 15.7. The van der Waals surface area contributed by atoms with Gasteiger partial charge < -0.3 is 5.32 Å². The Morgan fingerprint density at radius 1 is 1.00 bits per heavy atom. The van der Waals surface area contributed by atoms with Crippen molar-refractivity contribution in [1.82, 2.24) is 5.32 Å². The molecule has 3 rings (SSSR count). The van der Waals surface area contributed by atoms with Gasteiger partial charge in [-0.2, -0.15) is 0 Å². The number of halogens is 2. The molecule has 0 saturated carbocycles. The highest BCUT2D eigenvalue weighted by Crippen LogP contribution is 2.26. The fourth-order valence-electron chi connectivity index (χ4n) is 2.71. The third kappa shape index (κ3) is 4.64. The second kappa shape index (κ2) is 8.62. The van der Waals surface area contributed by atoms with Crippen molar-refractivity contribution in [3.8, 4) is 0 Å².